The average molecular weight is 327 g/mol. The predicted molar refractivity (Wildman–Crippen MR) is 89.6 cm³/mol. The zero-order valence-electron chi connectivity index (χ0n) is 12.6. The van der Waals surface area contributed by atoms with E-state index in [9.17, 15) is 4.79 Å². The minimum absolute atomic E-state index is 0.304. The number of aromatic nitrogens is 2. The Morgan fingerprint density at radius 1 is 1.17 bits per heavy atom. The first-order chi connectivity index (χ1) is 11.2. The minimum atomic E-state index is -0.409. The third-order valence-corrected chi connectivity index (χ3v) is 3.80. The predicted octanol–water partition coefficient (Wildman–Crippen LogP) is 4.05. The van der Waals surface area contributed by atoms with Crippen LogP contribution in [-0.4, -0.2) is 15.5 Å². The highest BCUT2D eigenvalue weighted by molar-refractivity contribution is 6.17. The Morgan fingerprint density at radius 3 is 2.61 bits per heavy atom. The fourth-order valence-electron chi connectivity index (χ4n) is 2.37. The van der Waals surface area contributed by atoms with Gasteiger partial charge in [-0.15, -0.1) is 11.6 Å². The molecule has 5 heteroatoms. The van der Waals surface area contributed by atoms with Gasteiger partial charge in [0.25, 0.3) is 0 Å². The summed E-state index contributed by atoms with van der Waals surface area (Å²) in [5.74, 6) is 1.05. The number of nitrogens with zero attached hydrogens (tertiary/aromatic N) is 2. The highest BCUT2D eigenvalue weighted by Crippen LogP contribution is 2.33. The molecule has 0 aliphatic heterocycles. The number of esters is 1. The number of ether oxygens (including phenoxy) is 1. The number of carbonyl (C=O) groups excluding carboxylic acids is 1. The Morgan fingerprint density at radius 2 is 1.96 bits per heavy atom. The normalized spacial score (nSPS) is 10.5. The van der Waals surface area contributed by atoms with Crippen LogP contribution in [0.15, 0.2) is 60.9 Å². The van der Waals surface area contributed by atoms with Crippen LogP contribution in [0.25, 0.3) is 11.4 Å². The van der Waals surface area contributed by atoms with Gasteiger partial charge in [-0.05, 0) is 23.8 Å². The van der Waals surface area contributed by atoms with Gasteiger partial charge in [-0.1, -0.05) is 30.3 Å². The number of imidazole rings is 1. The van der Waals surface area contributed by atoms with Crippen molar-refractivity contribution in [1.82, 2.24) is 9.55 Å². The summed E-state index contributed by atoms with van der Waals surface area (Å²) < 4.78 is 7.47. The fraction of sp³-hybridized carbons (Fsp3) is 0.111. The van der Waals surface area contributed by atoms with Gasteiger partial charge in [0.2, 0.25) is 0 Å². The van der Waals surface area contributed by atoms with Gasteiger partial charge in [0.05, 0.1) is 11.1 Å². The topological polar surface area (TPSA) is 44.1 Å². The number of rotatable bonds is 4. The van der Waals surface area contributed by atoms with Gasteiger partial charge < -0.3 is 9.30 Å². The molecule has 1 heterocycles. The molecule has 0 atom stereocenters. The summed E-state index contributed by atoms with van der Waals surface area (Å²) in [4.78, 5) is 16.7. The third-order valence-electron chi connectivity index (χ3n) is 3.51. The number of benzene rings is 2. The van der Waals surface area contributed by atoms with Crippen LogP contribution in [0.4, 0.5) is 0 Å². The van der Waals surface area contributed by atoms with E-state index in [-0.39, 0.29) is 0 Å². The van der Waals surface area contributed by atoms with Crippen LogP contribution in [-0.2, 0) is 12.9 Å². The van der Waals surface area contributed by atoms with E-state index in [1.807, 2.05) is 36.0 Å². The summed E-state index contributed by atoms with van der Waals surface area (Å²) in [6.45, 7) is 0. The molecular weight excluding hydrogens is 312 g/mol. The monoisotopic (exact) mass is 326 g/mol. The van der Waals surface area contributed by atoms with Crippen LogP contribution < -0.4 is 4.74 Å². The van der Waals surface area contributed by atoms with Crippen molar-refractivity contribution in [3.05, 3.63) is 72.1 Å². The minimum Gasteiger partial charge on any atom is -0.422 e. The first kappa shape index (κ1) is 15.3. The second-order valence-corrected chi connectivity index (χ2v) is 5.31. The number of hydrogen-bond donors (Lipinski definition) is 0. The second-order valence-electron chi connectivity index (χ2n) is 5.04. The molecule has 3 aromatic rings. The average Bonchev–Trinajstić information content (AvgIpc) is 3.01. The van der Waals surface area contributed by atoms with E-state index in [2.05, 4.69) is 4.98 Å². The molecule has 0 radical (unpaired) electrons. The Labute approximate surface area is 139 Å². The van der Waals surface area contributed by atoms with E-state index < -0.39 is 5.97 Å². The lowest BCUT2D eigenvalue weighted by atomic mass is 10.1. The quantitative estimate of drug-likeness (QED) is 0.413. The highest BCUT2D eigenvalue weighted by Gasteiger charge is 2.18. The molecule has 3 rings (SSSR count). The molecule has 116 valence electrons. The number of alkyl halides is 1. The Balaban J connectivity index is 2.03. The van der Waals surface area contributed by atoms with Crippen molar-refractivity contribution in [1.29, 1.82) is 0 Å². The zero-order valence-corrected chi connectivity index (χ0v) is 13.3. The van der Waals surface area contributed by atoms with Gasteiger partial charge in [-0.3, -0.25) is 0 Å². The lowest BCUT2D eigenvalue weighted by molar-refractivity contribution is 0.0735. The van der Waals surface area contributed by atoms with E-state index in [4.69, 9.17) is 16.3 Å². The van der Waals surface area contributed by atoms with E-state index in [1.54, 1.807) is 36.5 Å². The summed E-state index contributed by atoms with van der Waals surface area (Å²) in [5, 5.41) is 0. The molecule has 0 unspecified atom stereocenters. The smallest absolute Gasteiger partial charge is 0.343 e. The van der Waals surface area contributed by atoms with Crippen molar-refractivity contribution >= 4 is 17.6 Å². The van der Waals surface area contributed by atoms with Crippen LogP contribution in [0.2, 0.25) is 0 Å². The summed E-state index contributed by atoms with van der Waals surface area (Å²) in [6.07, 6.45) is 3.53. The molecule has 23 heavy (non-hydrogen) atoms. The van der Waals surface area contributed by atoms with Crippen molar-refractivity contribution in [2.24, 2.45) is 7.05 Å². The molecule has 1 aromatic heterocycles. The molecule has 4 nitrogen and oxygen atoms in total. The SMILES string of the molecule is Cn1ccnc1-c1c(CCl)cccc1OC(=O)c1ccccc1. The highest BCUT2D eigenvalue weighted by atomic mass is 35.5. The Kier molecular flexibility index (Phi) is 4.44. The van der Waals surface area contributed by atoms with Crippen molar-refractivity contribution < 1.29 is 9.53 Å². The first-order valence-electron chi connectivity index (χ1n) is 7.13. The van der Waals surface area contributed by atoms with Gasteiger partial charge in [-0.2, -0.15) is 0 Å². The van der Waals surface area contributed by atoms with Gasteiger partial charge in [0, 0.05) is 25.3 Å². The lowest BCUT2D eigenvalue weighted by Gasteiger charge is -2.13. The molecule has 0 aliphatic carbocycles. The van der Waals surface area contributed by atoms with Crippen LogP contribution in [0.1, 0.15) is 15.9 Å². The number of halogens is 1. The summed E-state index contributed by atoms with van der Waals surface area (Å²) in [5.41, 5.74) is 2.09. The standard InChI is InChI=1S/C18H15ClN2O2/c1-21-11-10-20-17(21)16-14(12-19)8-5-9-15(16)23-18(22)13-6-3-2-4-7-13/h2-11H,12H2,1H3. The van der Waals surface area contributed by atoms with Crippen LogP contribution in [0.3, 0.4) is 0 Å². The maximum atomic E-state index is 12.3. The number of aryl methyl sites for hydroxylation is 1. The molecular formula is C18H15ClN2O2. The Hall–Kier alpha value is -2.59. The van der Waals surface area contributed by atoms with Gasteiger partial charge in [-0.25, -0.2) is 9.78 Å². The van der Waals surface area contributed by atoms with Crippen molar-refractivity contribution in [2.75, 3.05) is 0 Å². The van der Waals surface area contributed by atoms with Crippen LogP contribution in [0, 0.1) is 0 Å². The molecule has 0 N–H and O–H groups in total. The van der Waals surface area contributed by atoms with Gasteiger partial charge >= 0.3 is 5.97 Å². The molecule has 0 bridgehead atoms. The van der Waals surface area contributed by atoms with Gasteiger partial charge in [0.15, 0.2) is 0 Å². The molecule has 0 fully saturated rings. The molecule has 0 saturated heterocycles. The van der Waals surface area contributed by atoms with Gasteiger partial charge in [0.1, 0.15) is 11.6 Å². The lowest BCUT2D eigenvalue weighted by Crippen LogP contribution is -2.10. The zero-order chi connectivity index (χ0) is 16.2. The summed E-state index contributed by atoms with van der Waals surface area (Å²) in [6, 6.07) is 14.3. The molecule has 2 aromatic carbocycles. The summed E-state index contributed by atoms with van der Waals surface area (Å²) >= 11 is 6.05. The first-order valence-corrected chi connectivity index (χ1v) is 7.67. The maximum Gasteiger partial charge on any atom is 0.343 e. The van der Waals surface area contributed by atoms with Crippen LogP contribution >= 0.6 is 11.6 Å². The van der Waals surface area contributed by atoms with Crippen molar-refractivity contribution in [3.63, 3.8) is 0 Å². The van der Waals surface area contributed by atoms with Crippen molar-refractivity contribution in [2.45, 2.75) is 5.88 Å². The van der Waals surface area contributed by atoms with E-state index in [0.717, 1.165) is 11.1 Å². The fourth-order valence-corrected chi connectivity index (χ4v) is 2.59. The molecule has 0 aliphatic rings. The summed E-state index contributed by atoms with van der Waals surface area (Å²) in [7, 11) is 1.89. The number of hydrogen-bond acceptors (Lipinski definition) is 3. The number of carbonyl (C=O) groups is 1. The maximum absolute atomic E-state index is 12.3. The Bertz CT molecular complexity index is 828. The largest absolute Gasteiger partial charge is 0.422 e. The van der Waals surface area contributed by atoms with E-state index in [1.165, 1.54) is 0 Å². The molecule has 0 amide bonds. The second kappa shape index (κ2) is 6.67. The third kappa shape index (κ3) is 3.12. The van der Waals surface area contributed by atoms with Crippen LogP contribution in [0.5, 0.6) is 5.75 Å². The molecule has 0 spiro atoms. The van der Waals surface area contributed by atoms with E-state index >= 15 is 0 Å². The van der Waals surface area contributed by atoms with E-state index in [0.29, 0.717) is 23.0 Å². The molecule has 0 saturated carbocycles. The van der Waals surface area contributed by atoms with Crippen molar-refractivity contribution in [3.8, 4) is 17.1 Å².